The number of phosphoric ester groups is 3. The van der Waals surface area contributed by atoms with Crippen molar-refractivity contribution in [3.8, 4) is 0 Å². The number of fused-ring (bicyclic) bond motifs is 1. The SMILES string of the molecule is CCCCCC/C=C/CCCCCCCCC(=O)SCCNC(=O)CCNC(=O)C(O)C(C)(C)COP(=O)(O)OP(=O)(O)OCC1OC(n2cnc3c(N)ncnc32)C(O)C1OP(=O)(O)O. The first-order chi connectivity index (χ1) is 31.1. The maximum atomic E-state index is 12.7. The van der Waals surface area contributed by atoms with Crippen molar-refractivity contribution in [2.45, 2.75) is 141 Å². The third-order valence-electron chi connectivity index (χ3n) is 10.2. The van der Waals surface area contributed by atoms with E-state index < -0.39 is 84.6 Å². The van der Waals surface area contributed by atoms with Gasteiger partial charge in [0, 0.05) is 37.1 Å². The second-order valence-corrected chi connectivity index (χ2v) is 21.7. The summed E-state index contributed by atoms with van der Waals surface area (Å²) in [5.41, 5.74) is 4.28. The van der Waals surface area contributed by atoms with Gasteiger partial charge < -0.3 is 50.9 Å². The summed E-state index contributed by atoms with van der Waals surface area (Å²) in [5.74, 6) is -1.03. The predicted molar refractivity (Wildman–Crippen MR) is 242 cm³/mol. The first kappa shape index (κ1) is 57.6. The van der Waals surface area contributed by atoms with Crippen LogP contribution in [-0.4, -0.2) is 123 Å². The number of nitrogen functional groups attached to an aromatic ring is 1. The summed E-state index contributed by atoms with van der Waals surface area (Å²) in [6, 6.07) is 0. The fourth-order valence-corrected chi connectivity index (χ4v) is 10.1. The summed E-state index contributed by atoms with van der Waals surface area (Å²) < 4.78 is 62.4. The third kappa shape index (κ3) is 20.9. The zero-order valence-electron chi connectivity index (χ0n) is 37.4. The largest absolute Gasteiger partial charge is 0.481 e. The lowest BCUT2D eigenvalue weighted by atomic mass is 9.87. The minimum Gasteiger partial charge on any atom is -0.386 e. The molecule has 3 heterocycles. The van der Waals surface area contributed by atoms with Crippen molar-refractivity contribution in [1.82, 2.24) is 30.2 Å². The van der Waals surface area contributed by atoms with E-state index in [4.69, 9.17) is 19.5 Å². The molecule has 28 heteroatoms. The van der Waals surface area contributed by atoms with Gasteiger partial charge in [-0.1, -0.05) is 89.6 Å². The average molecular weight is 1020 g/mol. The zero-order chi connectivity index (χ0) is 49.0. The van der Waals surface area contributed by atoms with E-state index >= 15 is 0 Å². The lowest BCUT2D eigenvalue weighted by molar-refractivity contribution is -0.137. The number of carbonyl (C=O) groups is 3. The predicted octanol–water partition coefficient (Wildman–Crippen LogP) is 4.31. The molecule has 1 aliphatic rings. The normalized spacial score (nSPS) is 20.3. The summed E-state index contributed by atoms with van der Waals surface area (Å²) in [6.45, 7) is 2.78. The summed E-state index contributed by atoms with van der Waals surface area (Å²) in [6.07, 6.45) is 12.0. The number of aliphatic hydroxyl groups is 2. The Hall–Kier alpha value is -2.70. The fourth-order valence-electron chi connectivity index (χ4n) is 6.53. The number of unbranched alkanes of at least 4 members (excludes halogenated alkanes) is 10. The van der Waals surface area contributed by atoms with Gasteiger partial charge in [-0.25, -0.2) is 28.6 Å². The molecule has 66 heavy (non-hydrogen) atoms. The van der Waals surface area contributed by atoms with Crippen LogP contribution in [0.25, 0.3) is 11.2 Å². The van der Waals surface area contributed by atoms with Crippen molar-refractivity contribution in [1.29, 1.82) is 0 Å². The highest BCUT2D eigenvalue weighted by atomic mass is 32.2. The number of nitrogens with zero attached hydrogens (tertiary/aromatic N) is 4. The maximum absolute atomic E-state index is 12.7. The minimum atomic E-state index is -5.57. The van der Waals surface area contributed by atoms with Crippen LogP contribution in [0.5, 0.6) is 0 Å². The van der Waals surface area contributed by atoms with Gasteiger partial charge in [0.1, 0.15) is 36.3 Å². The van der Waals surface area contributed by atoms with Crippen LogP contribution in [0.3, 0.4) is 0 Å². The van der Waals surface area contributed by atoms with Crippen LogP contribution in [-0.2, 0) is 50.7 Å². The maximum Gasteiger partial charge on any atom is 0.481 e. The number of amides is 2. The average Bonchev–Trinajstić information content (AvgIpc) is 3.80. The Labute approximate surface area is 388 Å². The Morgan fingerprint density at radius 2 is 1.55 bits per heavy atom. The highest BCUT2D eigenvalue weighted by Gasteiger charge is 2.50. The first-order valence-electron chi connectivity index (χ1n) is 21.8. The van der Waals surface area contributed by atoms with Gasteiger partial charge in [-0.3, -0.25) is 32.5 Å². The second kappa shape index (κ2) is 28.1. The Kier molecular flexibility index (Phi) is 24.5. The molecule has 1 saturated heterocycles. The molecule has 0 aromatic carbocycles. The number of ether oxygens (including phenoxy) is 1. The molecule has 24 nitrogen and oxygen atoms in total. The third-order valence-corrected chi connectivity index (χ3v) is 14.2. The number of anilines is 1. The van der Waals surface area contributed by atoms with Crippen molar-refractivity contribution in [2.75, 3.05) is 37.8 Å². The molecule has 10 N–H and O–H groups in total. The van der Waals surface area contributed by atoms with Gasteiger partial charge in [0.05, 0.1) is 19.5 Å². The smallest absolute Gasteiger partial charge is 0.386 e. The lowest BCUT2D eigenvalue weighted by Crippen LogP contribution is -2.46. The van der Waals surface area contributed by atoms with Crippen molar-refractivity contribution >= 4 is 69.1 Å². The van der Waals surface area contributed by atoms with Gasteiger partial charge in [-0.15, -0.1) is 0 Å². The zero-order valence-corrected chi connectivity index (χ0v) is 40.9. The second-order valence-electron chi connectivity index (χ2n) is 16.3. The number of allylic oxidation sites excluding steroid dienone is 2. The van der Waals surface area contributed by atoms with Crippen molar-refractivity contribution in [2.24, 2.45) is 5.41 Å². The molecule has 2 aromatic heterocycles. The number of rotatable bonds is 33. The van der Waals surface area contributed by atoms with E-state index in [1.807, 2.05) is 0 Å². The molecule has 2 aromatic rings. The molecule has 7 atom stereocenters. The lowest BCUT2D eigenvalue weighted by Gasteiger charge is -2.30. The number of thioether (sulfide) groups is 1. The Morgan fingerprint density at radius 1 is 0.909 bits per heavy atom. The van der Waals surface area contributed by atoms with Crippen molar-refractivity contribution < 1.29 is 80.5 Å². The number of phosphoric acid groups is 3. The van der Waals surface area contributed by atoms with Crippen LogP contribution in [0.15, 0.2) is 24.8 Å². The van der Waals surface area contributed by atoms with Gasteiger partial charge >= 0.3 is 23.5 Å². The van der Waals surface area contributed by atoms with E-state index in [2.05, 4.69) is 53.5 Å². The molecule has 0 spiro atoms. The van der Waals surface area contributed by atoms with Crippen LogP contribution in [0.2, 0.25) is 0 Å². The molecule has 7 unspecified atom stereocenters. The van der Waals surface area contributed by atoms with E-state index in [1.54, 1.807) is 0 Å². The van der Waals surface area contributed by atoms with E-state index in [1.165, 1.54) is 58.8 Å². The molecular formula is C38H66N7O17P3S. The highest BCUT2D eigenvalue weighted by molar-refractivity contribution is 8.13. The molecule has 0 bridgehead atoms. The van der Waals surface area contributed by atoms with Gasteiger partial charge in [0.25, 0.3) is 0 Å². The number of aromatic nitrogens is 4. The molecule has 1 fully saturated rings. The summed E-state index contributed by atoms with van der Waals surface area (Å²) >= 11 is 1.15. The molecule has 0 radical (unpaired) electrons. The molecule has 3 rings (SSSR count). The van der Waals surface area contributed by atoms with Crippen LogP contribution in [0.1, 0.15) is 117 Å². The molecule has 2 amide bonds. The van der Waals surface area contributed by atoms with E-state index in [-0.39, 0.29) is 41.6 Å². The minimum absolute atomic E-state index is 0.0330. The molecule has 0 saturated carbocycles. The van der Waals surface area contributed by atoms with Gasteiger partial charge in [0.2, 0.25) is 11.8 Å². The van der Waals surface area contributed by atoms with Crippen LogP contribution in [0, 0.1) is 5.41 Å². The topological polar surface area (TPSA) is 364 Å². The van der Waals surface area contributed by atoms with Gasteiger partial charge in [-0.2, -0.15) is 4.31 Å². The number of nitrogens with two attached hydrogens (primary N) is 1. The quantitative estimate of drug-likeness (QED) is 0.0273. The van der Waals surface area contributed by atoms with Gasteiger partial charge in [-0.05, 0) is 32.1 Å². The number of hydrogen-bond acceptors (Lipinski definition) is 18. The van der Waals surface area contributed by atoms with E-state index in [0.29, 0.717) is 12.2 Å². The van der Waals surface area contributed by atoms with Crippen LogP contribution in [0.4, 0.5) is 5.82 Å². The number of imidazole rings is 1. The van der Waals surface area contributed by atoms with Crippen molar-refractivity contribution in [3.63, 3.8) is 0 Å². The number of carbonyl (C=O) groups excluding carboxylic acids is 3. The Morgan fingerprint density at radius 3 is 2.21 bits per heavy atom. The first-order valence-corrected chi connectivity index (χ1v) is 27.3. The van der Waals surface area contributed by atoms with Crippen LogP contribution >= 0.6 is 35.2 Å². The van der Waals surface area contributed by atoms with E-state index in [0.717, 1.165) is 61.1 Å². The van der Waals surface area contributed by atoms with Crippen LogP contribution < -0.4 is 16.4 Å². The molecular weight excluding hydrogens is 951 g/mol. The standard InChI is InChI=1S/C38H66N7O17P3S/c1-4-5-6-7-8-9-10-11-12-13-14-15-16-17-18-29(47)66-22-21-40-28(46)19-20-41-36(50)33(49)38(2,3)24-59-65(56,57)62-64(54,55)58-23-27-32(61-63(51,52)53)31(48)37(60-27)45-26-44-30-34(39)42-25-43-35(30)45/h9-10,25-27,31-33,37,48-49H,4-8,11-24H2,1-3H3,(H,40,46)(H,41,50)(H,54,55)(H,56,57)(H2,39,42,43)(H2,51,52,53)/b10-9+. The van der Waals surface area contributed by atoms with Crippen molar-refractivity contribution in [3.05, 3.63) is 24.8 Å². The monoisotopic (exact) mass is 1020 g/mol. The number of hydrogen-bond donors (Lipinski definition) is 9. The molecule has 0 aliphatic carbocycles. The van der Waals surface area contributed by atoms with Gasteiger partial charge in [0.15, 0.2) is 22.8 Å². The van der Waals surface area contributed by atoms with E-state index in [9.17, 15) is 57.9 Å². The Balaban J connectivity index is 1.32. The fraction of sp³-hybridized carbons (Fsp3) is 0.737. The molecule has 1 aliphatic heterocycles. The number of nitrogens with one attached hydrogen (secondary N) is 2. The highest BCUT2D eigenvalue weighted by Crippen LogP contribution is 2.61. The summed E-state index contributed by atoms with van der Waals surface area (Å²) in [5, 5.41) is 26.6. The summed E-state index contributed by atoms with van der Waals surface area (Å²) in [4.78, 5) is 88.3. The molecule has 376 valence electrons. The number of aliphatic hydroxyl groups excluding tert-OH is 2. The summed E-state index contributed by atoms with van der Waals surface area (Å²) in [7, 11) is -16.4. The Bertz CT molecular complexity index is 2030.